The first kappa shape index (κ1) is 26.7. The Labute approximate surface area is 168 Å². The molecule has 0 aromatic carbocycles. The number of carbonyl (C=O) groups excluding carboxylic acids is 4. The topological polar surface area (TPSA) is 142 Å². The first-order valence-electron chi connectivity index (χ1n) is 8.40. The van der Waals surface area contributed by atoms with Gasteiger partial charge in [0.15, 0.2) is 27.2 Å². The van der Waals surface area contributed by atoms with E-state index in [4.69, 9.17) is 18.9 Å². The van der Waals surface area contributed by atoms with E-state index in [2.05, 4.69) is 18.9 Å². The van der Waals surface area contributed by atoms with E-state index in [0.717, 1.165) is 0 Å². The number of rotatable bonds is 16. The zero-order valence-electron chi connectivity index (χ0n) is 17.1. The average Bonchev–Trinajstić information content (AvgIpc) is 2.67. The van der Waals surface area contributed by atoms with Gasteiger partial charge < -0.3 is 37.9 Å². The fourth-order valence-corrected chi connectivity index (χ4v) is 2.30. The van der Waals surface area contributed by atoms with Crippen molar-refractivity contribution in [3.05, 3.63) is 0 Å². The monoisotopic (exact) mass is 424 g/mol. The van der Waals surface area contributed by atoms with E-state index in [1.807, 2.05) is 0 Å². The van der Waals surface area contributed by atoms with Gasteiger partial charge in [0.2, 0.25) is 0 Å². The van der Waals surface area contributed by atoms with Gasteiger partial charge in [0, 0.05) is 33.9 Å². The van der Waals surface area contributed by atoms with Crippen LogP contribution in [0.15, 0.2) is 0 Å². The molecule has 0 amide bonds. The van der Waals surface area contributed by atoms with Crippen molar-refractivity contribution in [1.29, 1.82) is 0 Å². The summed E-state index contributed by atoms with van der Waals surface area (Å²) in [6, 6.07) is 0. The average molecular weight is 424 g/mol. The SMILES string of the molecule is COCOC(=O)CC(CC(=O)OCOC)(CC(=O)OCOC)CC(=O)OCOC. The minimum atomic E-state index is -1.54. The number of carbonyl (C=O) groups is 4. The van der Waals surface area contributed by atoms with Gasteiger partial charge in [-0.2, -0.15) is 0 Å². The predicted octanol–water partition coefficient (Wildman–Crippen LogP) is 0.122. The van der Waals surface area contributed by atoms with Crippen molar-refractivity contribution < 1.29 is 57.1 Å². The zero-order chi connectivity index (χ0) is 22.1. The predicted molar refractivity (Wildman–Crippen MR) is 92.8 cm³/mol. The summed E-state index contributed by atoms with van der Waals surface area (Å²) in [4.78, 5) is 48.7. The number of hydrogen-bond donors (Lipinski definition) is 0. The molecule has 0 N–H and O–H groups in total. The molecule has 0 radical (unpaired) electrons. The van der Waals surface area contributed by atoms with Crippen molar-refractivity contribution in [2.24, 2.45) is 5.41 Å². The van der Waals surface area contributed by atoms with Gasteiger partial charge in [-0.1, -0.05) is 0 Å². The molecule has 0 fully saturated rings. The molecule has 29 heavy (non-hydrogen) atoms. The van der Waals surface area contributed by atoms with E-state index in [1.54, 1.807) is 0 Å². The van der Waals surface area contributed by atoms with Crippen molar-refractivity contribution in [2.45, 2.75) is 25.7 Å². The lowest BCUT2D eigenvalue weighted by atomic mass is 9.75. The number of ether oxygens (including phenoxy) is 8. The molecular formula is C17H28O12. The molecule has 168 valence electrons. The largest absolute Gasteiger partial charge is 0.438 e. The van der Waals surface area contributed by atoms with Gasteiger partial charge >= 0.3 is 23.9 Å². The molecule has 0 aromatic heterocycles. The number of methoxy groups -OCH3 is 4. The molecular weight excluding hydrogens is 396 g/mol. The van der Waals surface area contributed by atoms with Crippen LogP contribution >= 0.6 is 0 Å². The van der Waals surface area contributed by atoms with Crippen LogP contribution in [0.3, 0.4) is 0 Å². The molecule has 0 spiro atoms. The third-order valence-electron chi connectivity index (χ3n) is 3.43. The second kappa shape index (κ2) is 15.6. The molecule has 0 bridgehead atoms. The van der Waals surface area contributed by atoms with Crippen LogP contribution in [0.5, 0.6) is 0 Å². The molecule has 0 atom stereocenters. The lowest BCUT2D eigenvalue weighted by Gasteiger charge is -2.30. The fraction of sp³-hybridized carbons (Fsp3) is 0.765. The molecule has 0 aromatic rings. The van der Waals surface area contributed by atoms with E-state index < -0.39 is 55.0 Å². The van der Waals surface area contributed by atoms with Crippen LogP contribution in [0.4, 0.5) is 0 Å². The standard InChI is InChI=1S/C17H28O12/c1-22-9-26-13(18)5-17(6-14(19)27-10-23-2,7-15(20)28-11-24-3)8-16(21)29-12-25-4/h5-12H2,1-4H3. The minimum Gasteiger partial charge on any atom is -0.438 e. The lowest BCUT2D eigenvalue weighted by molar-refractivity contribution is -0.169. The summed E-state index contributed by atoms with van der Waals surface area (Å²) in [5.74, 6) is -3.20. The first-order valence-corrected chi connectivity index (χ1v) is 8.40. The summed E-state index contributed by atoms with van der Waals surface area (Å²) in [6.07, 6.45) is -1.93. The summed E-state index contributed by atoms with van der Waals surface area (Å²) in [5, 5.41) is 0. The molecule has 0 heterocycles. The third kappa shape index (κ3) is 12.7. The number of esters is 4. The maximum Gasteiger partial charge on any atom is 0.308 e. The van der Waals surface area contributed by atoms with Gasteiger partial charge in [0.05, 0.1) is 25.7 Å². The Morgan fingerprint density at radius 2 is 0.690 bits per heavy atom. The second-order valence-electron chi connectivity index (χ2n) is 5.90. The van der Waals surface area contributed by atoms with Gasteiger partial charge in [0.1, 0.15) is 0 Å². The van der Waals surface area contributed by atoms with Crippen LogP contribution in [-0.2, 0) is 57.1 Å². The van der Waals surface area contributed by atoms with Crippen LogP contribution in [0.25, 0.3) is 0 Å². The summed E-state index contributed by atoms with van der Waals surface area (Å²) in [6.45, 7) is -1.37. The van der Waals surface area contributed by atoms with E-state index in [0.29, 0.717) is 0 Å². The van der Waals surface area contributed by atoms with E-state index >= 15 is 0 Å². The van der Waals surface area contributed by atoms with Gasteiger partial charge in [-0.15, -0.1) is 0 Å². The summed E-state index contributed by atoms with van der Waals surface area (Å²) >= 11 is 0. The molecule has 12 nitrogen and oxygen atoms in total. The van der Waals surface area contributed by atoms with Gasteiger partial charge in [-0.25, -0.2) is 0 Å². The van der Waals surface area contributed by atoms with Crippen LogP contribution in [0.1, 0.15) is 25.7 Å². The summed E-state index contributed by atoms with van der Waals surface area (Å²) in [5.41, 5.74) is -1.54. The molecule has 0 unspecified atom stereocenters. The Bertz CT molecular complexity index is 425. The highest BCUT2D eigenvalue weighted by atomic mass is 16.7. The van der Waals surface area contributed by atoms with Crippen LogP contribution in [0.2, 0.25) is 0 Å². The van der Waals surface area contributed by atoms with Crippen molar-refractivity contribution in [3.63, 3.8) is 0 Å². The maximum absolute atomic E-state index is 12.2. The maximum atomic E-state index is 12.2. The Morgan fingerprint density at radius 1 is 0.483 bits per heavy atom. The molecule has 0 saturated heterocycles. The van der Waals surface area contributed by atoms with Gasteiger partial charge in [-0.05, 0) is 0 Å². The smallest absolute Gasteiger partial charge is 0.308 e. The van der Waals surface area contributed by atoms with E-state index in [1.165, 1.54) is 28.4 Å². The molecule has 0 saturated carbocycles. The van der Waals surface area contributed by atoms with Crippen molar-refractivity contribution >= 4 is 23.9 Å². The van der Waals surface area contributed by atoms with Crippen molar-refractivity contribution in [1.82, 2.24) is 0 Å². The van der Waals surface area contributed by atoms with Crippen molar-refractivity contribution in [2.75, 3.05) is 55.6 Å². The molecule has 0 aliphatic carbocycles. The van der Waals surface area contributed by atoms with Crippen LogP contribution in [0, 0.1) is 5.41 Å². The normalized spacial score (nSPS) is 10.9. The van der Waals surface area contributed by atoms with Crippen molar-refractivity contribution in [3.8, 4) is 0 Å². The number of hydrogen-bond acceptors (Lipinski definition) is 12. The van der Waals surface area contributed by atoms with Gasteiger partial charge in [0.25, 0.3) is 0 Å². The minimum absolute atomic E-state index is 0.342. The Morgan fingerprint density at radius 3 is 0.862 bits per heavy atom. The Balaban J connectivity index is 5.59. The highest BCUT2D eigenvalue weighted by molar-refractivity contribution is 5.81. The van der Waals surface area contributed by atoms with Crippen LogP contribution in [-0.4, -0.2) is 79.5 Å². The summed E-state index contributed by atoms with van der Waals surface area (Å²) in [7, 11) is 5.25. The lowest BCUT2D eigenvalue weighted by Crippen LogP contribution is -2.35. The van der Waals surface area contributed by atoms with Gasteiger partial charge in [-0.3, -0.25) is 19.2 Å². The molecule has 0 aliphatic rings. The van der Waals surface area contributed by atoms with Crippen LogP contribution < -0.4 is 0 Å². The molecule has 0 aliphatic heterocycles. The van der Waals surface area contributed by atoms with E-state index in [-0.39, 0.29) is 27.2 Å². The van der Waals surface area contributed by atoms with E-state index in [9.17, 15) is 19.2 Å². The Hall–Kier alpha value is -2.28. The summed E-state index contributed by atoms with van der Waals surface area (Å²) < 4.78 is 38.0. The zero-order valence-corrected chi connectivity index (χ0v) is 17.1. The quantitative estimate of drug-likeness (QED) is 0.189. The first-order chi connectivity index (χ1) is 13.8. The highest BCUT2D eigenvalue weighted by Gasteiger charge is 2.42. The third-order valence-corrected chi connectivity index (χ3v) is 3.43. The molecule has 0 rings (SSSR count). The second-order valence-corrected chi connectivity index (χ2v) is 5.90. The highest BCUT2D eigenvalue weighted by Crippen LogP contribution is 2.37. The molecule has 12 heteroatoms. The fourth-order valence-electron chi connectivity index (χ4n) is 2.30. The Kier molecular flexibility index (Phi) is 14.4.